The van der Waals surface area contributed by atoms with Crippen LogP contribution in [-0.2, 0) is 0 Å². The summed E-state index contributed by atoms with van der Waals surface area (Å²) in [5, 5.41) is 3.56. The van der Waals surface area contributed by atoms with Crippen LogP contribution in [0.15, 0.2) is 47.3 Å². The number of hydrogen-bond acceptors (Lipinski definition) is 2. The molecule has 0 aliphatic heterocycles. The van der Waals surface area contributed by atoms with Crippen LogP contribution in [0, 0.1) is 11.8 Å². The predicted octanol–water partition coefficient (Wildman–Crippen LogP) is 2.07. The van der Waals surface area contributed by atoms with Gasteiger partial charge in [0, 0.05) is 5.56 Å². The van der Waals surface area contributed by atoms with Gasteiger partial charge >= 0.3 is 0 Å². The zero-order chi connectivity index (χ0) is 8.93. The maximum atomic E-state index is 4.65. The molecule has 0 spiro atoms. The molecule has 0 aliphatic carbocycles. The summed E-state index contributed by atoms with van der Waals surface area (Å²) in [6, 6.07) is 9.79. The van der Waals surface area contributed by atoms with Crippen LogP contribution in [0.25, 0.3) is 0 Å². The first-order chi connectivity index (χ1) is 6.45. The van der Waals surface area contributed by atoms with E-state index in [1.54, 1.807) is 6.20 Å². The predicted molar refractivity (Wildman–Crippen MR) is 48.9 cm³/mol. The Morgan fingerprint density at radius 3 is 2.46 bits per heavy atom. The molecule has 13 heavy (non-hydrogen) atoms. The Morgan fingerprint density at radius 1 is 1.00 bits per heavy atom. The molecule has 62 valence electrons. The lowest BCUT2D eigenvalue weighted by Crippen LogP contribution is -1.71. The molecule has 0 unspecified atom stereocenters. The van der Waals surface area contributed by atoms with Crippen LogP contribution in [0.1, 0.15) is 11.1 Å². The van der Waals surface area contributed by atoms with Crippen LogP contribution in [0.4, 0.5) is 0 Å². The van der Waals surface area contributed by atoms with Gasteiger partial charge in [0.1, 0.15) is 6.26 Å². The minimum absolute atomic E-state index is 0.795. The maximum Gasteiger partial charge on any atom is 0.139 e. The Hall–Kier alpha value is -2.01. The second-order valence-electron chi connectivity index (χ2n) is 2.53. The van der Waals surface area contributed by atoms with Crippen LogP contribution >= 0.6 is 0 Å². The summed E-state index contributed by atoms with van der Waals surface area (Å²) in [6.07, 6.45) is 3.12. The van der Waals surface area contributed by atoms with Crippen LogP contribution < -0.4 is 0 Å². The minimum atomic E-state index is 0.795. The van der Waals surface area contributed by atoms with E-state index in [2.05, 4.69) is 21.5 Å². The van der Waals surface area contributed by atoms with E-state index in [9.17, 15) is 0 Å². The quantitative estimate of drug-likeness (QED) is 0.564. The third-order valence-electron chi connectivity index (χ3n) is 1.56. The van der Waals surface area contributed by atoms with Gasteiger partial charge in [-0.3, -0.25) is 0 Å². The number of benzene rings is 1. The Kier molecular flexibility index (Phi) is 2.11. The van der Waals surface area contributed by atoms with E-state index in [0.717, 1.165) is 11.1 Å². The third kappa shape index (κ3) is 1.97. The van der Waals surface area contributed by atoms with E-state index in [-0.39, 0.29) is 0 Å². The van der Waals surface area contributed by atoms with Gasteiger partial charge in [-0.2, -0.15) is 0 Å². The molecule has 1 heterocycles. The van der Waals surface area contributed by atoms with Crippen molar-refractivity contribution in [3.63, 3.8) is 0 Å². The zero-order valence-corrected chi connectivity index (χ0v) is 6.90. The molecule has 1 aromatic heterocycles. The molecule has 0 saturated carbocycles. The molecule has 2 heteroatoms. The summed E-state index contributed by atoms with van der Waals surface area (Å²) in [7, 11) is 0. The second kappa shape index (κ2) is 3.59. The highest BCUT2D eigenvalue weighted by molar-refractivity contribution is 5.40. The molecule has 0 radical (unpaired) electrons. The summed E-state index contributed by atoms with van der Waals surface area (Å²) in [4.78, 5) is 0. The molecule has 0 N–H and O–H groups in total. The fourth-order valence-corrected chi connectivity index (χ4v) is 0.932. The smallest absolute Gasteiger partial charge is 0.139 e. The molecule has 2 rings (SSSR count). The van der Waals surface area contributed by atoms with E-state index < -0.39 is 0 Å². The number of rotatable bonds is 0. The number of hydrogen-bond donors (Lipinski definition) is 0. The Balaban J connectivity index is 2.23. The standard InChI is InChI=1S/C11H7NO/c1-2-4-10(5-3-1)6-7-11-8-12-13-9-11/h1-5,8-9H. The molecular formula is C11H7NO. The monoisotopic (exact) mass is 169 g/mol. The van der Waals surface area contributed by atoms with Crippen molar-refractivity contribution in [3.8, 4) is 11.8 Å². The third-order valence-corrected chi connectivity index (χ3v) is 1.56. The first-order valence-corrected chi connectivity index (χ1v) is 3.91. The van der Waals surface area contributed by atoms with Crippen molar-refractivity contribution in [3.05, 3.63) is 53.9 Å². The summed E-state index contributed by atoms with van der Waals surface area (Å²) in [5.74, 6) is 5.93. The van der Waals surface area contributed by atoms with E-state index in [0.29, 0.717) is 0 Å². The lowest BCUT2D eigenvalue weighted by Gasteiger charge is -1.84. The van der Waals surface area contributed by atoms with Gasteiger partial charge in [-0.15, -0.1) is 0 Å². The zero-order valence-electron chi connectivity index (χ0n) is 6.90. The van der Waals surface area contributed by atoms with Crippen molar-refractivity contribution in [2.45, 2.75) is 0 Å². The Morgan fingerprint density at radius 2 is 1.77 bits per heavy atom. The van der Waals surface area contributed by atoms with Gasteiger partial charge < -0.3 is 4.52 Å². The highest BCUT2D eigenvalue weighted by Crippen LogP contribution is 1.97. The lowest BCUT2D eigenvalue weighted by atomic mass is 10.2. The first kappa shape index (κ1) is 7.63. The van der Waals surface area contributed by atoms with E-state index in [1.807, 2.05) is 30.3 Å². The highest BCUT2D eigenvalue weighted by atomic mass is 16.5. The van der Waals surface area contributed by atoms with E-state index >= 15 is 0 Å². The van der Waals surface area contributed by atoms with Crippen molar-refractivity contribution >= 4 is 0 Å². The maximum absolute atomic E-state index is 4.65. The number of nitrogens with zero attached hydrogens (tertiary/aromatic N) is 1. The van der Waals surface area contributed by atoms with Crippen LogP contribution in [0.3, 0.4) is 0 Å². The normalized spacial score (nSPS) is 8.92. The molecule has 0 fully saturated rings. The van der Waals surface area contributed by atoms with Crippen LogP contribution in [0.5, 0.6) is 0 Å². The lowest BCUT2D eigenvalue weighted by molar-refractivity contribution is 0.419. The first-order valence-electron chi connectivity index (χ1n) is 3.91. The second-order valence-corrected chi connectivity index (χ2v) is 2.53. The van der Waals surface area contributed by atoms with Gasteiger partial charge in [0.2, 0.25) is 0 Å². The van der Waals surface area contributed by atoms with Crippen molar-refractivity contribution < 1.29 is 4.52 Å². The fraction of sp³-hybridized carbons (Fsp3) is 0. The molecule has 2 aromatic rings. The topological polar surface area (TPSA) is 26.0 Å². The van der Waals surface area contributed by atoms with Crippen molar-refractivity contribution in [1.82, 2.24) is 5.16 Å². The molecule has 1 aromatic carbocycles. The molecule has 2 nitrogen and oxygen atoms in total. The van der Waals surface area contributed by atoms with Gasteiger partial charge in [-0.25, -0.2) is 0 Å². The summed E-state index contributed by atoms with van der Waals surface area (Å²) < 4.78 is 4.65. The van der Waals surface area contributed by atoms with Crippen molar-refractivity contribution in [2.75, 3.05) is 0 Å². The van der Waals surface area contributed by atoms with Crippen molar-refractivity contribution in [2.24, 2.45) is 0 Å². The average Bonchev–Trinajstić information content (AvgIpc) is 2.69. The van der Waals surface area contributed by atoms with Gasteiger partial charge in [-0.1, -0.05) is 35.2 Å². The van der Waals surface area contributed by atoms with Crippen LogP contribution in [0.2, 0.25) is 0 Å². The molecule has 0 aliphatic rings. The number of aromatic nitrogens is 1. The van der Waals surface area contributed by atoms with Crippen molar-refractivity contribution in [1.29, 1.82) is 0 Å². The fourth-order valence-electron chi connectivity index (χ4n) is 0.932. The van der Waals surface area contributed by atoms with Gasteiger partial charge in [0.05, 0.1) is 11.8 Å². The molecule has 0 atom stereocenters. The van der Waals surface area contributed by atoms with Gasteiger partial charge in [0.25, 0.3) is 0 Å². The van der Waals surface area contributed by atoms with E-state index in [1.165, 1.54) is 6.26 Å². The molecule has 0 saturated heterocycles. The van der Waals surface area contributed by atoms with Crippen LogP contribution in [-0.4, -0.2) is 5.16 Å². The molecule has 0 bridgehead atoms. The largest absolute Gasteiger partial charge is 0.363 e. The Bertz CT molecular complexity index is 420. The SMILES string of the molecule is C(#Cc1cnoc1)c1ccccc1. The summed E-state index contributed by atoms with van der Waals surface area (Å²) >= 11 is 0. The Labute approximate surface area is 76.2 Å². The molecular weight excluding hydrogens is 162 g/mol. The average molecular weight is 169 g/mol. The van der Waals surface area contributed by atoms with Gasteiger partial charge in [0.15, 0.2) is 0 Å². The summed E-state index contributed by atoms with van der Waals surface area (Å²) in [5.41, 5.74) is 1.78. The summed E-state index contributed by atoms with van der Waals surface area (Å²) in [6.45, 7) is 0. The highest BCUT2D eigenvalue weighted by Gasteiger charge is 1.87. The molecule has 0 amide bonds. The minimum Gasteiger partial charge on any atom is -0.363 e. The van der Waals surface area contributed by atoms with Gasteiger partial charge in [-0.05, 0) is 12.1 Å². The van der Waals surface area contributed by atoms with E-state index in [4.69, 9.17) is 0 Å².